The number of nitrogens with one attached hydrogen (secondary N) is 1. The molecule has 0 aliphatic heterocycles. The van der Waals surface area contributed by atoms with E-state index in [0.29, 0.717) is 22.2 Å². The molecule has 0 fully saturated rings. The summed E-state index contributed by atoms with van der Waals surface area (Å²) in [4.78, 5) is 17.8. The van der Waals surface area contributed by atoms with Crippen molar-refractivity contribution in [2.24, 2.45) is 5.10 Å². The third kappa shape index (κ3) is 3.65. The molecule has 0 aliphatic rings. The predicted octanol–water partition coefficient (Wildman–Crippen LogP) is 4.59. The van der Waals surface area contributed by atoms with Crippen molar-refractivity contribution in [1.29, 1.82) is 0 Å². The lowest BCUT2D eigenvalue weighted by molar-refractivity contribution is 0.626. The molecular weight excluding hydrogens is 367 g/mol. The first kappa shape index (κ1) is 18.6. The van der Waals surface area contributed by atoms with Gasteiger partial charge in [-0.3, -0.25) is 4.79 Å². The van der Waals surface area contributed by atoms with Crippen LogP contribution in [-0.2, 0) is 0 Å². The SMILES string of the molecule is Cc1ccc(-n2c(N/N=C\c3ccccc3F)nc3ccccc3c2=O)c(C)c1. The molecule has 0 unspecified atom stereocenters. The highest BCUT2D eigenvalue weighted by Gasteiger charge is 2.14. The van der Waals surface area contributed by atoms with Gasteiger partial charge < -0.3 is 0 Å². The summed E-state index contributed by atoms with van der Waals surface area (Å²) in [5.41, 5.74) is 6.25. The molecule has 4 rings (SSSR count). The van der Waals surface area contributed by atoms with E-state index in [4.69, 9.17) is 0 Å². The molecule has 0 saturated carbocycles. The zero-order chi connectivity index (χ0) is 20.4. The van der Waals surface area contributed by atoms with Crippen molar-refractivity contribution in [3.63, 3.8) is 0 Å². The van der Waals surface area contributed by atoms with E-state index in [1.165, 1.54) is 16.8 Å². The van der Waals surface area contributed by atoms with Crippen molar-refractivity contribution in [3.05, 3.63) is 99.6 Å². The van der Waals surface area contributed by atoms with Crippen molar-refractivity contribution < 1.29 is 4.39 Å². The highest BCUT2D eigenvalue weighted by atomic mass is 19.1. The van der Waals surface area contributed by atoms with Gasteiger partial charge in [0.25, 0.3) is 5.56 Å². The standard InChI is InChI=1S/C23H19FN4O/c1-15-11-12-21(16(2)13-15)28-22(29)18-8-4-6-10-20(18)26-23(28)27-25-14-17-7-3-5-9-19(17)24/h3-14H,1-2H3,(H,26,27)/b25-14-. The number of hydrogen-bond donors (Lipinski definition) is 1. The number of halogens is 1. The second-order valence-electron chi connectivity index (χ2n) is 6.77. The Kier molecular flexibility index (Phi) is 4.91. The summed E-state index contributed by atoms with van der Waals surface area (Å²) in [6, 6.07) is 19.3. The van der Waals surface area contributed by atoms with Crippen molar-refractivity contribution >= 4 is 23.1 Å². The maximum absolute atomic E-state index is 13.8. The van der Waals surface area contributed by atoms with Gasteiger partial charge in [0.1, 0.15) is 5.82 Å². The molecule has 0 spiro atoms. The number of hydrogen-bond acceptors (Lipinski definition) is 4. The summed E-state index contributed by atoms with van der Waals surface area (Å²) >= 11 is 0. The number of hydrazone groups is 1. The Bertz CT molecular complexity index is 1290. The zero-order valence-electron chi connectivity index (χ0n) is 16.1. The number of benzene rings is 3. The van der Waals surface area contributed by atoms with Gasteiger partial charge in [-0.2, -0.15) is 5.10 Å². The van der Waals surface area contributed by atoms with Gasteiger partial charge in [0.15, 0.2) is 0 Å². The fraction of sp³-hybridized carbons (Fsp3) is 0.0870. The van der Waals surface area contributed by atoms with Crippen molar-refractivity contribution in [2.45, 2.75) is 13.8 Å². The van der Waals surface area contributed by atoms with Crippen LogP contribution in [0.2, 0.25) is 0 Å². The summed E-state index contributed by atoms with van der Waals surface area (Å²) in [7, 11) is 0. The Morgan fingerprint density at radius 3 is 2.59 bits per heavy atom. The highest BCUT2D eigenvalue weighted by Crippen LogP contribution is 2.20. The fourth-order valence-corrected chi connectivity index (χ4v) is 3.23. The molecule has 0 bridgehead atoms. The highest BCUT2D eigenvalue weighted by molar-refractivity contribution is 5.81. The van der Waals surface area contributed by atoms with E-state index >= 15 is 0 Å². The maximum atomic E-state index is 13.8. The minimum Gasteiger partial charge on any atom is -0.268 e. The van der Waals surface area contributed by atoms with Gasteiger partial charge in [-0.05, 0) is 43.7 Å². The van der Waals surface area contributed by atoms with Gasteiger partial charge in [-0.15, -0.1) is 0 Å². The van der Waals surface area contributed by atoms with E-state index in [-0.39, 0.29) is 17.3 Å². The summed E-state index contributed by atoms with van der Waals surface area (Å²) in [5, 5.41) is 4.63. The molecule has 0 amide bonds. The lowest BCUT2D eigenvalue weighted by Crippen LogP contribution is -2.23. The van der Waals surface area contributed by atoms with E-state index in [2.05, 4.69) is 15.5 Å². The number of fused-ring (bicyclic) bond motifs is 1. The molecule has 4 aromatic rings. The Morgan fingerprint density at radius 2 is 1.79 bits per heavy atom. The van der Waals surface area contributed by atoms with Gasteiger partial charge in [-0.1, -0.05) is 48.0 Å². The van der Waals surface area contributed by atoms with Crippen LogP contribution in [-0.4, -0.2) is 15.8 Å². The summed E-state index contributed by atoms with van der Waals surface area (Å²) in [5.74, 6) is -0.121. The van der Waals surface area contributed by atoms with Crippen molar-refractivity contribution in [2.75, 3.05) is 5.43 Å². The molecule has 0 radical (unpaired) electrons. The van der Waals surface area contributed by atoms with Crippen LogP contribution in [0.3, 0.4) is 0 Å². The van der Waals surface area contributed by atoms with E-state index < -0.39 is 0 Å². The van der Waals surface area contributed by atoms with Gasteiger partial charge >= 0.3 is 0 Å². The van der Waals surface area contributed by atoms with Gasteiger partial charge in [0.2, 0.25) is 5.95 Å². The molecule has 5 nitrogen and oxygen atoms in total. The van der Waals surface area contributed by atoms with Gasteiger partial charge in [0, 0.05) is 5.56 Å². The largest absolute Gasteiger partial charge is 0.268 e. The Labute approximate surface area is 167 Å². The zero-order valence-corrected chi connectivity index (χ0v) is 16.1. The second kappa shape index (κ2) is 7.67. The van der Waals surface area contributed by atoms with E-state index in [1.807, 2.05) is 38.1 Å². The third-order valence-corrected chi connectivity index (χ3v) is 4.64. The number of aromatic nitrogens is 2. The molecular formula is C23H19FN4O. The number of para-hydroxylation sites is 1. The first-order valence-corrected chi connectivity index (χ1v) is 9.17. The Balaban J connectivity index is 1.86. The normalized spacial score (nSPS) is 11.3. The predicted molar refractivity (Wildman–Crippen MR) is 114 cm³/mol. The molecule has 0 atom stereocenters. The topological polar surface area (TPSA) is 59.3 Å². The van der Waals surface area contributed by atoms with Gasteiger partial charge in [-0.25, -0.2) is 19.4 Å². The minimum absolute atomic E-state index is 0.203. The molecule has 29 heavy (non-hydrogen) atoms. The Morgan fingerprint density at radius 1 is 1.03 bits per heavy atom. The number of nitrogens with zero attached hydrogens (tertiary/aromatic N) is 3. The van der Waals surface area contributed by atoms with Gasteiger partial charge in [0.05, 0.1) is 22.8 Å². The smallest absolute Gasteiger partial charge is 0.267 e. The summed E-state index contributed by atoms with van der Waals surface area (Å²) < 4.78 is 15.3. The van der Waals surface area contributed by atoms with Crippen LogP contribution in [0.25, 0.3) is 16.6 Å². The summed E-state index contributed by atoms with van der Waals surface area (Å²) in [6.45, 7) is 3.94. The van der Waals surface area contributed by atoms with Crippen LogP contribution in [0.5, 0.6) is 0 Å². The molecule has 1 N–H and O–H groups in total. The first-order chi connectivity index (χ1) is 14.0. The molecule has 144 valence electrons. The molecule has 3 aromatic carbocycles. The number of rotatable bonds is 4. The third-order valence-electron chi connectivity index (χ3n) is 4.64. The van der Waals surface area contributed by atoms with E-state index in [1.54, 1.807) is 36.4 Å². The van der Waals surface area contributed by atoms with Crippen molar-refractivity contribution in [1.82, 2.24) is 9.55 Å². The lowest BCUT2D eigenvalue weighted by Gasteiger charge is -2.15. The molecule has 6 heteroatoms. The van der Waals surface area contributed by atoms with Crippen molar-refractivity contribution in [3.8, 4) is 5.69 Å². The molecule has 1 aromatic heterocycles. The lowest BCUT2D eigenvalue weighted by atomic mass is 10.1. The maximum Gasteiger partial charge on any atom is 0.267 e. The van der Waals surface area contributed by atoms with E-state index in [0.717, 1.165) is 11.1 Å². The minimum atomic E-state index is -0.378. The summed E-state index contributed by atoms with van der Waals surface area (Å²) in [6.07, 6.45) is 1.36. The average molecular weight is 386 g/mol. The molecule has 0 aliphatic carbocycles. The van der Waals surface area contributed by atoms with Crippen LogP contribution in [0, 0.1) is 19.7 Å². The van der Waals surface area contributed by atoms with Crippen LogP contribution >= 0.6 is 0 Å². The number of anilines is 1. The average Bonchev–Trinajstić information content (AvgIpc) is 2.71. The Hall–Kier alpha value is -3.80. The second-order valence-corrected chi connectivity index (χ2v) is 6.77. The van der Waals surface area contributed by atoms with Crippen LogP contribution in [0.15, 0.2) is 76.6 Å². The quantitative estimate of drug-likeness (QED) is 0.412. The molecule has 1 heterocycles. The van der Waals surface area contributed by atoms with E-state index in [9.17, 15) is 9.18 Å². The van der Waals surface area contributed by atoms with Crippen LogP contribution < -0.4 is 11.0 Å². The van der Waals surface area contributed by atoms with Crippen LogP contribution in [0.1, 0.15) is 16.7 Å². The fourth-order valence-electron chi connectivity index (χ4n) is 3.23. The monoisotopic (exact) mass is 386 g/mol. The van der Waals surface area contributed by atoms with Crippen LogP contribution in [0.4, 0.5) is 10.3 Å². The molecule has 0 saturated heterocycles. The number of aryl methyl sites for hydroxylation is 2. The first-order valence-electron chi connectivity index (χ1n) is 9.17.